The molecule has 0 unspecified atom stereocenters. The van der Waals surface area contributed by atoms with Gasteiger partial charge < -0.3 is 4.57 Å². The molecule has 0 aromatic carbocycles. The second-order valence-electron chi connectivity index (χ2n) is 5.20. The number of aromatic nitrogens is 4. The minimum atomic E-state index is -0.130. The van der Waals surface area contributed by atoms with Gasteiger partial charge in [-0.15, -0.1) is 0 Å². The molecule has 0 atom stereocenters. The first-order valence-electron chi connectivity index (χ1n) is 6.18. The van der Waals surface area contributed by atoms with Crippen molar-refractivity contribution in [1.82, 2.24) is 19.5 Å². The van der Waals surface area contributed by atoms with E-state index in [4.69, 9.17) is 12.2 Å². The Balaban J connectivity index is 2.02. The Labute approximate surface area is 115 Å². The molecule has 2 aromatic rings. The summed E-state index contributed by atoms with van der Waals surface area (Å²) in [5.41, 5.74) is 1.55. The van der Waals surface area contributed by atoms with Crippen LogP contribution in [0.15, 0.2) is 29.7 Å². The van der Waals surface area contributed by atoms with Crippen LogP contribution in [-0.4, -0.2) is 19.5 Å². The lowest BCUT2D eigenvalue weighted by molar-refractivity contribution is 0.508. The molecule has 0 bridgehead atoms. The molecule has 0 radical (unpaired) electrons. The summed E-state index contributed by atoms with van der Waals surface area (Å²) in [4.78, 5) is 22.6. The summed E-state index contributed by atoms with van der Waals surface area (Å²) >= 11 is 5.23. The maximum atomic E-state index is 12.0. The number of hydrogen-bond donors (Lipinski definition) is 1. The van der Waals surface area contributed by atoms with Gasteiger partial charge in [-0.3, -0.25) is 9.78 Å². The van der Waals surface area contributed by atoms with Gasteiger partial charge in [0.15, 0.2) is 4.77 Å². The van der Waals surface area contributed by atoms with E-state index in [0.717, 1.165) is 18.4 Å². The van der Waals surface area contributed by atoms with Gasteiger partial charge in [-0.25, -0.2) is 9.97 Å². The summed E-state index contributed by atoms with van der Waals surface area (Å²) in [6, 6.07) is 0. The van der Waals surface area contributed by atoms with Crippen molar-refractivity contribution in [3.63, 3.8) is 0 Å². The Morgan fingerprint density at radius 1 is 1.42 bits per heavy atom. The quantitative estimate of drug-likeness (QED) is 0.867. The Bertz CT molecular complexity index is 715. The van der Waals surface area contributed by atoms with E-state index >= 15 is 0 Å². The highest BCUT2D eigenvalue weighted by Gasteiger charge is 2.39. The molecule has 3 rings (SSSR count). The zero-order valence-electron chi connectivity index (χ0n) is 10.6. The number of hydrogen-bond acceptors (Lipinski definition) is 4. The van der Waals surface area contributed by atoms with Crippen LogP contribution in [0.3, 0.4) is 0 Å². The topological polar surface area (TPSA) is 63.6 Å². The van der Waals surface area contributed by atoms with E-state index in [1.165, 1.54) is 6.33 Å². The van der Waals surface area contributed by atoms with Gasteiger partial charge in [0.2, 0.25) is 0 Å². The van der Waals surface area contributed by atoms with Crippen molar-refractivity contribution < 1.29 is 0 Å². The first-order chi connectivity index (χ1) is 9.08. The lowest BCUT2D eigenvalue weighted by Gasteiger charge is -2.15. The predicted octanol–water partition coefficient (Wildman–Crippen LogP) is 1.80. The van der Waals surface area contributed by atoms with E-state index in [1.54, 1.807) is 12.4 Å². The van der Waals surface area contributed by atoms with E-state index in [-0.39, 0.29) is 11.1 Å². The predicted molar refractivity (Wildman–Crippen MR) is 73.6 cm³/mol. The van der Waals surface area contributed by atoms with Gasteiger partial charge in [-0.1, -0.05) is 0 Å². The maximum absolute atomic E-state index is 12.0. The van der Waals surface area contributed by atoms with Crippen LogP contribution >= 0.6 is 12.2 Å². The summed E-state index contributed by atoms with van der Waals surface area (Å²) in [5, 5.41) is 0. The van der Waals surface area contributed by atoms with Gasteiger partial charge >= 0.3 is 0 Å². The molecular weight excluding hydrogens is 260 g/mol. The number of nitrogens with zero attached hydrogens (tertiary/aromatic N) is 3. The van der Waals surface area contributed by atoms with Crippen LogP contribution in [0.2, 0.25) is 0 Å². The number of H-pyrrole nitrogens is 1. The number of aromatic amines is 1. The molecule has 0 aliphatic heterocycles. The SMILES string of the molecule is CC1(n2cc(Cc3cncnc3)c(=O)[nH]c2=S)CC1. The monoisotopic (exact) mass is 274 g/mol. The minimum absolute atomic E-state index is 0.0726. The summed E-state index contributed by atoms with van der Waals surface area (Å²) in [6.07, 6.45) is 9.51. The molecule has 2 aromatic heterocycles. The van der Waals surface area contributed by atoms with E-state index < -0.39 is 0 Å². The molecule has 1 saturated carbocycles. The molecule has 1 fully saturated rings. The normalized spacial score (nSPS) is 16.3. The lowest BCUT2D eigenvalue weighted by atomic mass is 10.1. The average Bonchev–Trinajstić information content (AvgIpc) is 3.13. The molecule has 0 amide bonds. The third-order valence-corrected chi connectivity index (χ3v) is 3.88. The zero-order chi connectivity index (χ0) is 13.5. The smallest absolute Gasteiger partial charge is 0.255 e. The molecule has 98 valence electrons. The van der Waals surface area contributed by atoms with E-state index in [0.29, 0.717) is 16.8 Å². The molecule has 0 saturated heterocycles. The summed E-state index contributed by atoms with van der Waals surface area (Å²) in [6.45, 7) is 2.15. The molecule has 1 aliphatic carbocycles. The number of rotatable bonds is 3. The van der Waals surface area contributed by atoms with Crippen molar-refractivity contribution in [2.24, 2.45) is 0 Å². The highest BCUT2D eigenvalue weighted by Crippen LogP contribution is 2.42. The van der Waals surface area contributed by atoms with Crippen molar-refractivity contribution in [3.8, 4) is 0 Å². The summed E-state index contributed by atoms with van der Waals surface area (Å²) in [5.74, 6) is 0. The van der Waals surface area contributed by atoms with Crippen LogP contribution in [0.1, 0.15) is 30.9 Å². The van der Waals surface area contributed by atoms with Crippen LogP contribution in [0.4, 0.5) is 0 Å². The largest absolute Gasteiger partial charge is 0.319 e. The fourth-order valence-corrected chi connectivity index (χ4v) is 2.47. The van der Waals surface area contributed by atoms with Gasteiger partial charge in [0.25, 0.3) is 5.56 Å². The van der Waals surface area contributed by atoms with Gasteiger partial charge in [-0.2, -0.15) is 0 Å². The second-order valence-corrected chi connectivity index (χ2v) is 5.59. The average molecular weight is 274 g/mol. The molecule has 1 N–H and O–H groups in total. The van der Waals surface area contributed by atoms with Crippen molar-refractivity contribution in [3.05, 3.63) is 51.2 Å². The van der Waals surface area contributed by atoms with Crippen LogP contribution in [-0.2, 0) is 12.0 Å². The molecule has 1 aliphatic rings. The molecule has 6 heteroatoms. The van der Waals surface area contributed by atoms with Crippen LogP contribution in [0, 0.1) is 4.77 Å². The summed E-state index contributed by atoms with van der Waals surface area (Å²) in [7, 11) is 0. The lowest BCUT2D eigenvalue weighted by Crippen LogP contribution is -2.23. The molecule has 5 nitrogen and oxygen atoms in total. The molecule has 2 heterocycles. The molecule has 0 spiro atoms. The number of nitrogens with one attached hydrogen (secondary N) is 1. The fourth-order valence-electron chi connectivity index (χ4n) is 2.10. The third-order valence-electron chi connectivity index (χ3n) is 3.58. The van der Waals surface area contributed by atoms with Crippen molar-refractivity contribution in [2.75, 3.05) is 0 Å². The second kappa shape index (κ2) is 4.38. The van der Waals surface area contributed by atoms with Crippen molar-refractivity contribution >= 4 is 12.2 Å². The maximum Gasteiger partial charge on any atom is 0.255 e. The summed E-state index contributed by atoms with van der Waals surface area (Å²) < 4.78 is 2.50. The third kappa shape index (κ3) is 2.35. The highest BCUT2D eigenvalue weighted by atomic mass is 32.1. The standard InChI is InChI=1S/C13H14N4OS/c1-13(2-3-13)17-7-10(11(18)16-12(17)19)4-9-5-14-8-15-6-9/h5-8H,2-4H2,1H3,(H,16,18,19). The van der Waals surface area contributed by atoms with Crippen LogP contribution < -0.4 is 5.56 Å². The Hall–Kier alpha value is -1.82. The van der Waals surface area contributed by atoms with Gasteiger partial charge in [0.1, 0.15) is 6.33 Å². The Morgan fingerprint density at radius 3 is 2.74 bits per heavy atom. The highest BCUT2D eigenvalue weighted by molar-refractivity contribution is 7.71. The fraction of sp³-hybridized carbons (Fsp3) is 0.385. The van der Waals surface area contributed by atoms with Gasteiger partial charge in [0.05, 0.1) is 0 Å². The van der Waals surface area contributed by atoms with E-state index in [1.807, 2.05) is 10.8 Å². The van der Waals surface area contributed by atoms with Crippen molar-refractivity contribution in [1.29, 1.82) is 0 Å². The first-order valence-corrected chi connectivity index (χ1v) is 6.58. The van der Waals surface area contributed by atoms with E-state index in [9.17, 15) is 4.79 Å². The van der Waals surface area contributed by atoms with Gasteiger partial charge in [-0.05, 0) is 37.5 Å². The molecular formula is C13H14N4OS. The minimum Gasteiger partial charge on any atom is -0.319 e. The van der Waals surface area contributed by atoms with Crippen LogP contribution in [0.5, 0.6) is 0 Å². The van der Waals surface area contributed by atoms with Gasteiger partial charge in [0, 0.05) is 36.1 Å². The Kier molecular flexibility index (Phi) is 2.82. The van der Waals surface area contributed by atoms with E-state index in [2.05, 4.69) is 21.9 Å². The first kappa shape index (κ1) is 12.2. The molecule has 19 heavy (non-hydrogen) atoms. The van der Waals surface area contributed by atoms with Crippen molar-refractivity contribution in [2.45, 2.75) is 31.7 Å². The Morgan fingerprint density at radius 2 is 2.11 bits per heavy atom. The van der Waals surface area contributed by atoms with Crippen LogP contribution in [0.25, 0.3) is 0 Å². The zero-order valence-corrected chi connectivity index (χ0v) is 11.4.